The predicted octanol–water partition coefficient (Wildman–Crippen LogP) is 0.329. The maximum Gasteiger partial charge on any atom is 0.191 e. The van der Waals surface area contributed by atoms with Crippen LogP contribution in [-0.2, 0) is 0 Å². The van der Waals surface area contributed by atoms with Crippen LogP contribution in [0.4, 0.5) is 4.39 Å². The van der Waals surface area contributed by atoms with E-state index < -0.39 is 0 Å². The van der Waals surface area contributed by atoms with Gasteiger partial charge in [-0.3, -0.25) is 0 Å². The van der Waals surface area contributed by atoms with E-state index in [1.54, 1.807) is 6.07 Å². The summed E-state index contributed by atoms with van der Waals surface area (Å²) in [5, 5.41) is 0. The highest BCUT2D eigenvalue weighted by molar-refractivity contribution is 4.88. The van der Waals surface area contributed by atoms with Gasteiger partial charge in [-0.2, -0.15) is 4.39 Å². The summed E-state index contributed by atoms with van der Waals surface area (Å²) in [5.74, 6) is -0.282. The second-order valence-electron chi connectivity index (χ2n) is 1.02. The van der Waals surface area contributed by atoms with Gasteiger partial charge in [0.2, 0.25) is 0 Å². The Balaban J connectivity index is 0.000000360. The van der Waals surface area contributed by atoms with E-state index in [-0.39, 0.29) is 11.4 Å². The number of aromatic nitrogens is 1. The highest BCUT2D eigenvalue weighted by Crippen LogP contribution is 1.86. The Morgan fingerprint density at radius 2 is 2.29 bits per heavy atom. The maximum absolute atomic E-state index is 11.6. The van der Waals surface area contributed by atoms with Crippen LogP contribution in [0.2, 0.25) is 0 Å². The molecule has 0 aliphatic carbocycles. The molecule has 1 aromatic heterocycles. The van der Waals surface area contributed by atoms with Crippen LogP contribution >= 0.6 is 0 Å². The third kappa shape index (κ3) is 1.36. The molecule has 1 rings (SSSR count). The topological polar surface area (TPSA) is 47.3 Å². The van der Waals surface area contributed by atoms with Crippen LogP contribution in [0, 0.1) is 5.95 Å². The third-order valence-corrected chi connectivity index (χ3v) is 0.560. The van der Waals surface area contributed by atoms with Gasteiger partial charge in [-0.05, 0) is 12.1 Å². The van der Waals surface area contributed by atoms with Crippen LogP contribution in [0.1, 0.15) is 0 Å². The van der Waals surface area contributed by atoms with Gasteiger partial charge in [0.1, 0.15) is 0 Å². The molecule has 0 bridgehead atoms. The highest BCUT2D eigenvalue weighted by Gasteiger charge is 1.77. The smallest absolute Gasteiger partial charge is 0.191 e. The number of halogens is 1. The summed E-state index contributed by atoms with van der Waals surface area (Å²) in [7, 11) is 0. The number of nitrogens with one attached hydrogen (secondary N) is 1. The Morgan fingerprint density at radius 1 is 1.57 bits per heavy atom. The van der Waals surface area contributed by atoms with E-state index in [0.29, 0.717) is 0 Å². The molecule has 1 aromatic rings. The molecule has 2 nitrogen and oxygen atoms in total. The minimum absolute atomic E-state index is 0. The fourth-order valence-electron chi connectivity index (χ4n) is 0.308. The van der Waals surface area contributed by atoms with E-state index >= 15 is 0 Å². The van der Waals surface area contributed by atoms with Crippen molar-refractivity contribution >= 4 is 0 Å². The van der Waals surface area contributed by atoms with Gasteiger partial charge in [-0.25, -0.2) is 0 Å². The monoisotopic (exact) mass is 103 g/mol. The predicted molar refractivity (Wildman–Crippen MR) is 24.4 cm³/mol. The lowest BCUT2D eigenvalue weighted by molar-refractivity contribution is 0.591. The average Bonchev–Trinajstić information content (AvgIpc) is 1.86. The second kappa shape index (κ2) is 2.36. The van der Waals surface area contributed by atoms with Crippen LogP contribution in [0.3, 0.4) is 0 Å². The fourth-order valence-corrected chi connectivity index (χ4v) is 0.308. The minimum atomic E-state index is -0.282. The standard InChI is InChI=1S/C4H4FN.H2O/c5-4-2-1-3-6-4;/h1-3,6H;1H2. The van der Waals surface area contributed by atoms with E-state index in [9.17, 15) is 4.39 Å². The molecular weight excluding hydrogens is 97.0 g/mol. The van der Waals surface area contributed by atoms with Crippen molar-refractivity contribution < 1.29 is 9.87 Å². The Hall–Kier alpha value is -0.830. The van der Waals surface area contributed by atoms with E-state index in [1.165, 1.54) is 12.3 Å². The van der Waals surface area contributed by atoms with Gasteiger partial charge in [0.05, 0.1) is 0 Å². The van der Waals surface area contributed by atoms with Gasteiger partial charge in [-0.1, -0.05) is 0 Å². The van der Waals surface area contributed by atoms with E-state index in [2.05, 4.69) is 4.98 Å². The summed E-state index contributed by atoms with van der Waals surface area (Å²) in [6, 6.07) is 2.97. The summed E-state index contributed by atoms with van der Waals surface area (Å²) in [4.78, 5) is 2.33. The van der Waals surface area contributed by atoms with Crippen molar-refractivity contribution in [1.82, 2.24) is 4.98 Å². The lowest BCUT2D eigenvalue weighted by Crippen LogP contribution is -1.61. The van der Waals surface area contributed by atoms with Crippen LogP contribution in [-0.4, -0.2) is 10.5 Å². The zero-order valence-corrected chi connectivity index (χ0v) is 3.61. The van der Waals surface area contributed by atoms with Crippen molar-refractivity contribution in [2.75, 3.05) is 0 Å². The first-order valence-corrected chi connectivity index (χ1v) is 1.68. The molecule has 0 radical (unpaired) electrons. The Labute approximate surface area is 40.3 Å². The van der Waals surface area contributed by atoms with E-state index in [4.69, 9.17) is 0 Å². The molecule has 1 heterocycles. The zero-order chi connectivity index (χ0) is 4.41. The number of hydrogen-bond acceptors (Lipinski definition) is 0. The van der Waals surface area contributed by atoms with E-state index in [1.807, 2.05) is 0 Å². The average molecular weight is 103 g/mol. The normalized spacial score (nSPS) is 7.57. The van der Waals surface area contributed by atoms with Gasteiger partial charge in [0, 0.05) is 6.20 Å². The Bertz CT molecular complexity index is 115. The summed E-state index contributed by atoms with van der Waals surface area (Å²) < 4.78 is 11.6. The lowest BCUT2D eigenvalue weighted by atomic mass is 10.7. The first-order valence-electron chi connectivity index (χ1n) is 1.68. The molecule has 0 saturated heterocycles. The first-order chi connectivity index (χ1) is 2.89. The molecule has 0 amide bonds. The van der Waals surface area contributed by atoms with Crippen molar-refractivity contribution in [2.24, 2.45) is 0 Å². The molecule has 3 N–H and O–H groups in total. The number of hydrogen-bond donors (Lipinski definition) is 1. The molecule has 0 fully saturated rings. The molecule has 0 unspecified atom stereocenters. The summed E-state index contributed by atoms with van der Waals surface area (Å²) in [5.41, 5.74) is 0. The van der Waals surface area contributed by atoms with Crippen LogP contribution in [0.15, 0.2) is 18.3 Å². The number of rotatable bonds is 0. The van der Waals surface area contributed by atoms with Gasteiger partial charge >= 0.3 is 0 Å². The van der Waals surface area contributed by atoms with Gasteiger partial charge in [-0.15, -0.1) is 0 Å². The fraction of sp³-hybridized carbons (Fsp3) is 0. The van der Waals surface area contributed by atoms with Crippen molar-refractivity contribution in [3.63, 3.8) is 0 Å². The SMILES string of the molecule is Fc1ccc[nH]1.O. The molecule has 0 atom stereocenters. The Kier molecular flexibility index (Phi) is 2.08. The lowest BCUT2D eigenvalue weighted by Gasteiger charge is -1.64. The molecule has 3 heteroatoms. The summed E-state index contributed by atoms with van der Waals surface area (Å²) in [6.07, 6.45) is 1.54. The van der Waals surface area contributed by atoms with Gasteiger partial charge < -0.3 is 10.5 Å². The largest absolute Gasteiger partial charge is 0.412 e. The molecule has 0 aromatic carbocycles. The molecule has 0 aliphatic rings. The summed E-state index contributed by atoms with van der Waals surface area (Å²) in [6.45, 7) is 0. The molecule has 0 saturated carbocycles. The van der Waals surface area contributed by atoms with E-state index in [0.717, 1.165) is 0 Å². The molecular formula is C4H6FNO. The number of H-pyrrole nitrogens is 1. The highest BCUT2D eigenvalue weighted by atomic mass is 19.1. The third-order valence-electron chi connectivity index (χ3n) is 0.560. The van der Waals surface area contributed by atoms with Crippen LogP contribution in [0.25, 0.3) is 0 Å². The molecule has 7 heavy (non-hydrogen) atoms. The quantitative estimate of drug-likeness (QED) is 0.492. The summed E-state index contributed by atoms with van der Waals surface area (Å²) >= 11 is 0. The van der Waals surface area contributed by atoms with Crippen molar-refractivity contribution in [3.05, 3.63) is 24.3 Å². The van der Waals surface area contributed by atoms with Crippen LogP contribution < -0.4 is 0 Å². The molecule has 0 spiro atoms. The number of aromatic amines is 1. The van der Waals surface area contributed by atoms with Crippen molar-refractivity contribution in [3.8, 4) is 0 Å². The molecule has 40 valence electrons. The second-order valence-corrected chi connectivity index (χ2v) is 1.02. The molecule has 0 aliphatic heterocycles. The van der Waals surface area contributed by atoms with Crippen molar-refractivity contribution in [2.45, 2.75) is 0 Å². The van der Waals surface area contributed by atoms with Gasteiger partial charge in [0.15, 0.2) is 5.95 Å². The van der Waals surface area contributed by atoms with Crippen LogP contribution in [0.5, 0.6) is 0 Å². The minimum Gasteiger partial charge on any atom is -0.412 e. The van der Waals surface area contributed by atoms with Crippen molar-refractivity contribution in [1.29, 1.82) is 0 Å². The zero-order valence-electron chi connectivity index (χ0n) is 3.61. The van der Waals surface area contributed by atoms with Gasteiger partial charge in [0.25, 0.3) is 0 Å². The maximum atomic E-state index is 11.6. The first kappa shape index (κ1) is 6.17. The Morgan fingerprint density at radius 3 is 2.43 bits per heavy atom.